The monoisotopic (exact) mass is 307 g/mol. The van der Waals surface area contributed by atoms with Crippen LogP contribution in [-0.4, -0.2) is 70.0 Å². The summed E-state index contributed by atoms with van der Waals surface area (Å²) in [6, 6.07) is -0.0508. The van der Waals surface area contributed by atoms with Gasteiger partial charge in [0.1, 0.15) is 0 Å². The van der Waals surface area contributed by atoms with Crippen molar-refractivity contribution >= 4 is 10.2 Å². The first kappa shape index (κ1) is 17.8. The van der Waals surface area contributed by atoms with Crippen molar-refractivity contribution < 1.29 is 13.2 Å². The summed E-state index contributed by atoms with van der Waals surface area (Å²) in [6.07, 6.45) is 1.85. The molecule has 0 bridgehead atoms. The van der Waals surface area contributed by atoms with Crippen LogP contribution in [-0.2, 0) is 14.9 Å². The van der Waals surface area contributed by atoms with Crippen LogP contribution in [0.5, 0.6) is 0 Å². The number of hydrogen-bond donors (Lipinski definition) is 1. The molecule has 0 atom stereocenters. The van der Waals surface area contributed by atoms with E-state index in [2.05, 4.69) is 5.32 Å². The van der Waals surface area contributed by atoms with E-state index in [1.807, 2.05) is 20.9 Å². The first-order valence-corrected chi connectivity index (χ1v) is 8.73. The normalized spacial score (nSPS) is 19.1. The SMILES string of the molecule is CNCC1CCN(S(=O)(=O)N(CCOC)C(C)C)CC1. The van der Waals surface area contributed by atoms with Gasteiger partial charge in [0.2, 0.25) is 0 Å². The van der Waals surface area contributed by atoms with Crippen molar-refractivity contribution in [3.63, 3.8) is 0 Å². The van der Waals surface area contributed by atoms with Crippen LogP contribution in [0.15, 0.2) is 0 Å². The van der Waals surface area contributed by atoms with Crippen LogP contribution in [0, 0.1) is 5.92 Å². The maximum absolute atomic E-state index is 12.7. The van der Waals surface area contributed by atoms with Gasteiger partial charge < -0.3 is 10.1 Å². The van der Waals surface area contributed by atoms with Gasteiger partial charge in [0.25, 0.3) is 10.2 Å². The molecule has 1 saturated heterocycles. The van der Waals surface area contributed by atoms with Crippen LogP contribution < -0.4 is 5.32 Å². The quantitative estimate of drug-likeness (QED) is 0.710. The average molecular weight is 307 g/mol. The highest BCUT2D eigenvalue weighted by Crippen LogP contribution is 2.22. The van der Waals surface area contributed by atoms with E-state index < -0.39 is 10.2 Å². The molecule has 0 aromatic heterocycles. The van der Waals surface area contributed by atoms with Crippen molar-refractivity contribution in [2.75, 3.05) is 46.9 Å². The summed E-state index contributed by atoms with van der Waals surface area (Å²) < 4.78 is 33.5. The molecular weight excluding hydrogens is 278 g/mol. The topological polar surface area (TPSA) is 61.9 Å². The molecule has 0 spiro atoms. The summed E-state index contributed by atoms with van der Waals surface area (Å²) in [5.41, 5.74) is 0. The van der Waals surface area contributed by atoms with E-state index in [0.717, 1.165) is 19.4 Å². The van der Waals surface area contributed by atoms with E-state index in [0.29, 0.717) is 32.2 Å². The van der Waals surface area contributed by atoms with Crippen molar-refractivity contribution in [3.8, 4) is 0 Å². The van der Waals surface area contributed by atoms with Gasteiger partial charge in [-0.2, -0.15) is 17.0 Å². The Hall–Kier alpha value is -0.210. The summed E-state index contributed by atoms with van der Waals surface area (Å²) in [7, 11) is 0.163. The number of methoxy groups -OCH3 is 1. The fraction of sp³-hybridized carbons (Fsp3) is 1.00. The molecule has 0 radical (unpaired) electrons. The number of nitrogens with zero attached hydrogens (tertiary/aromatic N) is 2. The van der Waals surface area contributed by atoms with Gasteiger partial charge in [0.05, 0.1) is 6.61 Å². The lowest BCUT2D eigenvalue weighted by molar-refractivity contribution is 0.163. The molecule has 1 aliphatic rings. The molecule has 0 amide bonds. The van der Waals surface area contributed by atoms with Crippen molar-refractivity contribution in [1.82, 2.24) is 13.9 Å². The first-order valence-electron chi connectivity index (χ1n) is 7.34. The molecule has 0 saturated carbocycles. The van der Waals surface area contributed by atoms with Gasteiger partial charge in [-0.3, -0.25) is 0 Å². The largest absolute Gasteiger partial charge is 0.383 e. The van der Waals surface area contributed by atoms with E-state index in [4.69, 9.17) is 4.74 Å². The minimum absolute atomic E-state index is 0.0508. The van der Waals surface area contributed by atoms with Crippen LogP contribution >= 0.6 is 0 Å². The Morgan fingerprint density at radius 3 is 2.40 bits per heavy atom. The summed E-state index contributed by atoms with van der Waals surface area (Å²) >= 11 is 0. The third-order valence-corrected chi connectivity index (χ3v) is 6.00. The highest BCUT2D eigenvalue weighted by atomic mass is 32.2. The molecule has 120 valence electrons. The zero-order valence-corrected chi connectivity index (χ0v) is 13.9. The van der Waals surface area contributed by atoms with Gasteiger partial charge >= 0.3 is 0 Å². The molecule has 1 N–H and O–H groups in total. The Kier molecular flexibility index (Phi) is 7.39. The first-order chi connectivity index (χ1) is 9.43. The van der Waals surface area contributed by atoms with Gasteiger partial charge in [-0.1, -0.05) is 0 Å². The third-order valence-electron chi connectivity index (χ3n) is 3.78. The van der Waals surface area contributed by atoms with Crippen molar-refractivity contribution in [1.29, 1.82) is 0 Å². The smallest absolute Gasteiger partial charge is 0.282 e. The predicted molar refractivity (Wildman–Crippen MR) is 80.9 cm³/mol. The average Bonchev–Trinajstić information content (AvgIpc) is 2.39. The molecule has 0 unspecified atom stereocenters. The van der Waals surface area contributed by atoms with E-state index >= 15 is 0 Å². The third kappa shape index (κ3) is 4.66. The zero-order valence-electron chi connectivity index (χ0n) is 13.1. The maximum Gasteiger partial charge on any atom is 0.282 e. The van der Waals surface area contributed by atoms with Crippen molar-refractivity contribution in [3.05, 3.63) is 0 Å². The molecule has 0 aromatic carbocycles. The molecular formula is C13H29N3O3S. The van der Waals surface area contributed by atoms with E-state index in [1.54, 1.807) is 11.4 Å². The minimum atomic E-state index is -3.37. The fourth-order valence-electron chi connectivity index (χ4n) is 2.60. The highest BCUT2D eigenvalue weighted by Gasteiger charge is 2.33. The Bertz CT molecular complexity index is 365. The van der Waals surface area contributed by atoms with Crippen molar-refractivity contribution in [2.45, 2.75) is 32.7 Å². The second-order valence-electron chi connectivity index (χ2n) is 5.61. The van der Waals surface area contributed by atoms with Crippen LogP contribution in [0.3, 0.4) is 0 Å². The minimum Gasteiger partial charge on any atom is -0.383 e. The number of ether oxygens (including phenoxy) is 1. The summed E-state index contributed by atoms with van der Waals surface area (Å²) in [5.74, 6) is 0.581. The molecule has 20 heavy (non-hydrogen) atoms. The van der Waals surface area contributed by atoms with Gasteiger partial charge in [-0.15, -0.1) is 0 Å². The van der Waals surface area contributed by atoms with E-state index in [9.17, 15) is 8.42 Å². The van der Waals surface area contributed by atoms with Crippen LogP contribution in [0.4, 0.5) is 0 Å². The molecule has 6 nitrogen and oxygen atoms in total. The Labute approximate surface area is 123 Å². The molecule has 0 aromatic rings. The zero-order chi connectivity index (χ0) is 15.2. The Morgan fingerprint density at radius 2 is 1.95 bits per heavy atom. The lowest BCUT2D eigenvalue weighted by atomic mass is 9.98. The molecule has 1 fully saturated rings. The summed E-state index contributed by atoms with van der Waals surface area (Å²) in [4.78, 5) is 0. The lowest BCUT2D eigenvalue weighted by Gasteiger charge is -2.36. The van der Waals surface area contributed by atoms with Crippen LogP contribution in [0.25, 0.3) is 0 Å². The van der Waals surface area contributed by atoms with Gasteiger partial charge in [0, 0.05) is 32.8 Å². The standard InChI is InChI=1S/C13H29N3O3S/c1-12(2)16(9-10-19-4)20(17,18)15-7-5-13(6-8-15)11-14-3/h12-14H,5-11H2,1-4H3. The number of hydrogen-bond acceptors (Lipinski definition) is 4. The molecule has 7 heteroatoms. The number of rotatable bonds is 8. The van der Waals surface area contributed by atoms with Crippen LogP contribution in [0.1, 0.15) is 26.7 Å². The molecule has 1 rings (SSSR count). The van der Waals surface area contributed by atoms with Gasteiger partial charge in [-0.05, 0) is 46.2 Å². The van der Waals surface area contributed by atoms with Gasteiger partial charge in [-0.25, -0.2) is 0 Å². The van der Waals surface area contributed by atoms with Crippen LogP contribution in [0.2, 0.25) is 0 Å². The maximum atomic E-state index is 12.7. The molecule has 1 heterocycles. The Balaban J connectivity index is 2.67. The number of nitrogens with one attached hydrogen (secondary N) is 1. The fourth-order valence-corrected chi connectivity index (χ4v) is 4.41. The van der Waals surface area contributed by atoms with E-state index in [1.165, 1.54) is 4.31 Å². The summed E-state index contributed by atoms with van der Waals surface area (Å²) in [5, 5.41) is 3.16. The second kappa shape index (κ2) is 8.29. The lowest BCUT2D eigenvalue weighted by Crippen LogP contribution is -2.50. The van der Waals surface area contributed by atoms with Crippen molar-refractivity contribution in [2.24, 2.45) is 5.92 Å². The summed E-state index contributed by atoms with van der Waals surface area (Å²) in [6.45, 7) is 6.84. The van der Waals surface area contributed by atoms with Gasteiger partial charge in [0.15, 0.2) is 0 Å². The molecule has 1 aliphatic heterocycles. The highest BCUT2D eigenvalue weighted by molar-refractivity contribution is 7.86. The number of piperidine rings is 1. The second-order valence-corrected chi connectivity index (χ2v) is 7.49. The molecule has 0 aliphatic carbocycles. The predicted octanol–water partition coefficient (Wildman–Crippen LogP) is 0.519. The Morgan fingerprint density at radius 1 is 1.35 bits per heavy atom. The van der Waals surface area contributed by atoms with E-state index in [-0.39, 0.29) is 6.04 Å².